The molecule has 7 nitrogen and oxygen atoms in total. The summed E-state index contributed by atoms with van der Waals surface area (Å²) in [6.45, 7) is 3.80. The fraction of sp³-hybridized carbons (Fsp3) is 0.316. The van der Waals surface area contributed by atoms with Gasteiger partial charge < -0.3 is 10.1 Å². The highest BCUT2D eigenvalue weighted by Crippen LogP contribution is 2.20. The summed E-state index contributed by atoms with van der Waals surface area (Å²) in [4.78, 5) is 13.0. The van der Waals surface area contributed by atoms with Crippen molar-refractivity contribution in [3.05, 3.63) is 60.2 Å². The number of carbonyl (C=O) groups is 1. The minimum Gasteiger partial charge on any atom is -0.475 e. The minimum atomic E-state index is -4.08. The van der Waals surface area contributed by atoms with Gasteiger partial charge in [-0.1, -0.05) is 36.4 Å². The lowest BCUT2D eigenvalue weighted by atomic mass is 10.2. The third-order valence-corrected chi connectivity index (χ3v) is 4.54. The first-order valence-electron chi connectivity index (χ1n) is 8.50. The Bertz CT molecular complexity index is 855. The maximum absolute atomic E-state index is 11.2. The molecule has 1 atom stereocenters. The number of anilines is 1. The van der Waals surface area contributed by atoms with E-state index in [9.17, 15) is 13.2 Å². The molecule has 0 aliphatic heterocycles. The van der Waals surface area contributed by atoms with Crippen LogP contribution in [0, 0.1) is 0 Å². The van der Waals surface area contributed by atoms with Crippen molar-refractivity contribution >= 4 is 21.7 Å². The molecule has 1 unspecified atom stereocenters. The second kappa shape index (κ2) is 9.50. The first-order valence-corrected chi connectivity index (χ1v) is 10.1. The molecular weight excluding hydrogens is 368 g/mol. The van der Waals surface area contributed by atoms with E-state index in [4.69, 9.17) is 9.29 Å². The average molecular weight is 392 g/mol. The highest BCUT2D eigenvalue weighted by Gasteiger charge is 2.19. The molecule has 2 aromatic carbocycles. The summed E-state index contributed by atoms with van der Waals surface area (Å²) in [5, 5.41) is 2.69. The van der Waals surface area contributed by atoms with Crippen molar-refractivity contribution in [1.82, 2.24) is 4.90 Å². The Hall–Kier alpha value is -2.42. The second-order valence-electron chi connectivity index (χ2n) is 6.17. The number of hydrogen-bond acceptors (Lipinski definition) is 5. The van der Waals surface area contributed by atoms with E-state index in [1.807, 2.05) is 35.2 Å². The number of hydrogen-bond donors (Lipinski definition) is 2. The summed E-state index contributed by atoms with van der Waals surface area (Å²) in [7, 11) is -4.08. The Balaban J connectivity index is 2.12. The third-order valence-electron chi connectivity index (χ3n) is 3.84. The van der Waals surface area contributed by atoms with E-state index < -0.39 is 16.3 Å². The Morgan fingerprint density at radius 3 is 2.52 bits per heavy atom. The molecule has 0 heterocycles. The standard InChI is InChI=1S/C19H24N2O5S/c1-15(22)20-18-9-6-10-19(13-18)26-16(2)21(11-12-27(23,24)25)14-17-7-4-3-5-8-17/h3-10,13,16H,11-12,14H2,1-2H3,(H,20,22)(H,23,24,25). The van der Waals surface area contributed by atoms with E-state index in [2.05, 4.69) is 5.32 Å². The quantitative estimate of drug-likeness (QED) is 0.503. The van der Waals surface area contributed by atoms with Crippen molar-refractivity contribution < 1.29 is 22.5 Å². The predicted molar refractivity (Wildman–Crippen MR) is 104 cm³/mol. The predicted octanol–water partition coefficient (Wildman–Crippen LogP) is 2.76. The first kappa shape index (κ1) is 20.9. The molecule has 2 N–H and O–H groups in total. The molecule has 0 aliphatic carbocycles. The van der Waals surface area contributed by atoms with Crippen molar-refractivity contribution in [3.8, 4) is 5.75 Å². The van der Waals surface area contributed by atoms with Crippen LogP contribution < -0.4 is 10.1 Å². The average Bonchev–Trinajstić information content (AvgIpc) is 2.58. The van der Waals surface area contributed by atoms with Crippen LogP contribution in [0.1, 0.15) is 19.4 Å². The number of carbonyl (C=O) groups excluding carboxylic acids is 1. The fourth-order valence-electron chi connectivity index (χ4n) is 2.56. The molecule has 0 aromatic heterocycles. The zero-order chi connectivity index (χ0) is 19.9. The largest absolute Gasteiger partial charge is 0.475 e. The molecule has 0 saturated heterocycles. The summed E-state index contributed by atoms with van der Waals surface area (Å²) in [5.74, 6) is -0.0304. The number of ether oxygens (including phenoxy) is 1. The van der Waals surface area contributed by atoms with Crippen LogP contribution in [-0.2, 0) is 21.5 Å². The van der Waals surface area contributed by atoms with Gasteiger partial charge in [-0.15, -0.1) is 0 Å². The summed E-state index contributed by atoms with van der Waals surface area (Å²) in [5.41, 5.74) is 1.61. The number of nitrogens with zero attached hydrogens (tertiary/aromatic N) is 1. The maximum Gasteiger partial charge on any atom is 0.266 e. The summed E-state index contributed by atoms with van der Waals surface area (Å²) < 4.78 is 37.4. The van der Waals surface area contributed by atoms with Crippen LogP contribution in [0.15, 0.2) is 54.6 Å². The van der Waals surface area contributed by atoms with Crippen LogP contribution in [0.25, 0.3) is 0 Å². The second-order valence-corrected chi connectivity index (χ2v) is 7.74. The minimum absolute atomic E-state index is 0.111. The summed E-state index contributed by atoms with van der Waals surface area (Å²) >= 11 is 0. The Labute approximate surface area is 159 Å². The molecule has 0 radical (unpaired) electrons. The Morgan fingerprint density at radius 1 is 1.19 bits per heavy atom. The van der Waals surface area contributed by atoms with E-state index in [0.29, 0.717) is 18.0 Å². The lowest BCUT2D eigenvalue weighted by Crippen LogP contribution is -2.39. The zero-order valence-electron chi connectivity index (χ0n) is 15.3. The number of amides is 1. The lowest BCUT2D eigenvalue weighted by molar-refractivity contribution is -0.114. The van der Waals surface area contributed by atoms with E-state index in [0.717, 1.165) is 5.56 Å². The van der Waals surface area contributed by atoms with Gasteiger partial charge >= 0.3 is 0 Å². The van der Waals surface area contributed by atoms with E-state index >= 15 is 0 Å². The van der Waals surface area contributed by atoms with Gasteiger partial charge in [0.1, 0.15) is 12.0 Å². The molecule has 1 amide bonds. The van der Waals surface area contributed by atoms with Gasteiger partial charge in [0.05, 0.1) is 5.75 Å². The molecule has 2 rings (SSSR count). The van der Waals surface area contributed by atoms with Gasteiger partial charge in [0.2, 0.25) is 5.91 Å². The molecular formula is C19H24N2O5S. The number of nitrogens with one attached hydrogen (secondary N) is 1. The van der Waals surface area contributed by atoms with Gasteiger partial charge in [0.15, 0.2) is 0 Å². The fourth-order valence-corrected chi connectivity index (χ4v) is 3.03. The van der Waals surface area contributed by atoms with Crippen LogP contribution in [0.5, 0.6) is 5.75 Å². The molecule has 146 valence electrons. The van der Waals surface area contributed by atoms with Gasteiger partial charge in [0.25, 0.3) is 10.1 Å². The van der Waals surface area contributed by atoms with Gasteiger partial charge in [-0.25, -0.2) is 0 Å². The normalized spacial score (nSPS) is 12.6. The van der Waals surface area contributed by atoms with Crippen LogP contribution in [-0.4, -0.2) is 42.3 Å². The Kier molecular flexibility index (Phi) is 7.35. The van der Waals surface area contributed by atoms with Gasteiger partial charge in [-0.2, -0.15) is 8.42 Å². The van der Waals surface area contributed by atoms with Crippen LogP contribution >= 0.6 is 0 Å². The third kappa shape index (κ3) is 7.78. The van der Waals surface area contributed by atoms with Crippen molar-refractivity contribution in [2.24, 2.45) is 0 Å². The van der Waals surface area contributed by atoms with E-state index in [-0.39, 0.29) is 18.2 Å². The van der Waals surface area contributed by atoms with Crippen molar-refractivity contribution in [2.45, 2.75) is 26.6 Å². The molecule has 0 fully saturated rings. The number of benzene rings is 2. The Morgan fingerprint density at radius 2 is 1.89 bits per heavy atom. The van der Waals surface area contributed by atoms with Crippen LogP contribution in [0.2, 0.25) is 0 Å². The summed E-state index contributed by atoms with van der Waals surface area (Å²) in [6.07, 6.45) is -0.459. The molecule has 0 aliphatic rings. The molecule has 27 heavy (non-hydrogen) atoms. The molecule has 0 spiro atoms. The van der Waals surface area contributed by atoms with Crippen molar-refractivity contribution in [1.29, 1.82) is 0 Å². The molecule has 0 saturated carbocycles. The first-order chi connectivity index (χ1) is 12.7. The smallest absolute Gasteiger partial charge is 0.266 e. The van der Waals surface area contributed by atoms with E-state index in [1.165, 1.54) is 6.92 Å². The van der Waals surface area contributed by atoms with Gasteiger partial charge in [-0.05, 0) is 24.6 Å². The van der Waals surface area contributed by atoms with Crippen LogP contribution in [0.4, 0.5) is 5.69 Å². The lowest BCUT2D eigenvalue weighted by Gasteiger charge is -2.29. The highest BCUT2D eigenvalue weighted by molar-refractivity contribution is 7.85. The topological polar surface area (TPSA) is 95.9 Å². The van der Waals surface area contributed by atoms with E-state index in [1.54, 1.807) is 31.2 Å². The monoisotopic (exact) mass is 392 g/mol. The highest BCUT2D eigenvalue weighted by atomic mass is 32.2. The zero-order valence-corrected chi connectivity index (χ0v) is 16.1. The number of rotatable bonds is 9. The maximum atomic E-state index is 11.2. The summed E-state index contributed by atoms with van der Waals surface area (Å²) in [6, 6.07) is 16.5. The van der Waals surface area contributed by atoms with Crippen molar-refractivity contribution in [3.63, 3.8) is 0 Å². The molecule has 2 aromatic rings. The SMILES string of the molecule is CC(=O)Nc1cccc(OC(C)N(CCS(=O)(=O)O)Cc2ccccc2)c1. The van der Waals surface area contributed by atoms with Gasteiger partial charge in [-0.3, -0.25) is 14.2 Å². The van der Waals surface area contributed by atoms with Crippen molar-refractivity contribution in [2.75, 3.05) is 17.6 Å². The molecule has 0 bridgehead atoms. The van der Waals surface area contributed by atoms with Gasteiger partial charge in [0, 0.05) is 31.8 Å². The van der Waals surface area contributed by atoms with Crippen LogP contribution in [0.3, 0.4) is 0 Å². The molecule has 8 heteroatoms.